The molecule has 3 aromatic heterocycles. The van der Waals surface area contributed by atoms with Crippen LogP contribution in [0.3, 0.4) is 0 Å². The van der Waals surface area contributed by atoms with Gasteiger partial charge in [0.15, 0.2) is 11.5 Å². The second-order valence-corrected chi connectivity index (χ2v) is 5.76. The van der Waals surface area contributed by atoms with Gasteiger partial charge in [-0.15, -0.1) is 18.3 Å². The molecule has 0 saturated heterocycles. The molecule has 4 aromatic rings. The summed E-state index contributed by atoms with van der Waals surface area (Å²) in [6.07, 6.45) is -3.21. The highest BCUT2D eigenvalue weighted by atomic mass is 19.4. The van der Waals surface area contributed by atoms with Gasteiger partial charge >= 0.3 is 12.1 Å². The van der Waals surface area contributed by atoms with Crippen molar-refractivity contribution in [2.24, 2.45) is 0 Å². The van der Waals surface area contributed by atoms with Crippen molar-refractivity contribution < 1.29 is 22.4 Å². The number of hydrogen-bond donors (Lipinski definition) is 0. The lowest BCUT2D eigenvalue weighted by atomic mass is 10.1. The number of ether oxygens (including phenoxy) is 1. The van der Waals surface area contributed by atoms with Crippen molar-refractivity contribution >= 4 is 5.65 Å². The van der Waals surface area contributed by atoms with Gasteiger partial charge in [0, 0.05) is 13.1 Å². The number of benzene rings is 1. The largest absolute Gasteiger partial charge is 0.573 e. The Balaban J connectivity index is 1.64. The van der Waals surface area contributed by atoms with E-state index >= 15 is 0 Å². The maximum atomic E-state index is 12.6. The first-order chi connectivity index (χ1) is 13.3. The number of fused-ring (bicyclic) bond motifs is 1. The van der Waals surface area contributed by atoms with Gasteiger partial charge < -0.3 is 9.26 Å². The van der Waals surface area contributed by atoms with Gasteiger partial charge in [0.2, 0.25) is 5.89 Å². The standard InChI is InChI=1S/C17H11F3N5O3/c1-10-21-14(23-28-10)9-25-16(26)24-8-12(4-7-15(24)22-25)11-2-5-13(6-3-11)27-17(18,19)20/h2-8H,1,9H2. The Labute approximate surface area is 154 Å². The smallest absolute Gasteiger partial charge is 0.406 e. The van der Waals surface area contributed by atoms with E-state index < -0.39 is 12.1 Å². The van der Waals surface area contributed by atoms with Crippen LogP contribution in [0, 0.1) is 6.92 Å². The third-order valence-electron chi connectivity index (χ3n) is 3.80. The molecule has 1 radical (unpaired) electrons. The van der Waals surface area contributed by atoms with Crippen molar-refractivity contribution in [3.8, 4) is 16.9 Å². The van der Waals surface area contributed by atoms with Crippen molar-refractivity contribution in [3.05, 3.63) is 71.7 Å². The molecule has 0 N–H and O–H groups in total. The summed E-state index contributed by atoms with van der Waals surface area (Å²) in [5.41, 5.74) is 1.19. The monoisotopic (exact) mass is 390 g/mol. The first kappa shape index (κ1) is 17.8. The summed E-state index contributed by atoms with van der Waals surface area (Å²) in [6, 6.07) is 8.65. The molecule has 0 unspecified atom stereocenters. The van der Waals surface area contributed by atoms with E-state index in [0.29, 0.717) is 16.8 Å². The quantitative estimate of drug-likeness (QED) is 0.533. The van der Waals surface area contributed by atoms with Gasteiger partial charge in [-0.2, -0.15) is 4.98 Å². The Morgan fingerprint density at radius 2 is 1.82 bits per heavy atom. The van der Waals surface area contributed by atoms with Crippen molar-refractivity contribution in [2.75, 3.05) is 0 Å². The van der Waals surface area contributed by atoms with Crippen LogP contribution in [0.4, 0.5) is 13.2 Å². The molecule has 0 atom stereocenters. The van der Waals surface area contributed by atoms with E-state index in [4.69, 9.17) is 4.52 Å². The molecular weight excluding hydrogens is 379 g/mol. The van der Waals surface area contributed by atoms with Gasteiger partial charge in [-0.1, -0.05) is 17.3 Å². The van der Waals surface area contributed by atoms with Crippen LogP contribution in [0.1, 0.15) is 11.7 Å². The van der Waals surface area contributed by atoms with E-state index in [-0.39, 0.29) is 24.0 Å². The fourth-order valence-electron chi connectivity index (χ4n) is 2.63. The first-order valence-corrected chi connectivity index (χ1v) is 7.88. The molecule has 3 heterocycles. The Hall–Kier alpha value is -3.63. The Morgan fingerprint density at radius 1 is 1.11 bits per heavy atom. The van der Waals surface area contributed by atoms with Gasteiger partial charge in [-0.25, -0.2) is 13.9 Å². The molecule has 0 aliphatic heterocycles. The Bertz CT molecular complexity index is 1190. The highest BCUT2D eigenvalue weighted by Crippen LogP contribution is 2.26. The summed E-state index contributed by atoms with van der Waals surface area (Å²) < 4.78 is 47.9. The molecule has 4 rings (SSSR count). The summed E-state index contributed by atoms with van der Waals surface area (Å²) in [7, 11) is 0. The summed E-state index contributed by atoms with van der Waals surface area (Å²) >= 11 is 0. The maximum absolute atomic E-state index is 12.6. The lowest BCUT2D eigenvalue weighted by molar-refractivity contribution is -0.274. The van der Waals surface area contributed by atoms with Crippen LogP contribution in [0.15, 0.2) is 51.9 Å². The van der Waals surface area contributed by atoms with Crippen LogP contribution in [-0.4, -0.2) is 30.7 Å². The molecule has 8 nitrogen and oxygen atoms in total. The SMILES string of the molecule is [CH2]c1nc(Cn2nc3ccc(-c4ccc(OC(F)(F)F)cc4)cn3c2=O)no1. The second-order valence-electron chi connectivity index (χ2n) is 5.76. The average Bonchev–Trinajstić information content (AvgIpc) is 3.18. The van der Waals surface area contributed by atoms with Crippen LogP contribution < -0.4 is 10.4 Å². The van der Waals surface area contributed by atoms with Gasteiger partial charge in [0.25, 0.3) is 0 Å². The molecule has 0 aliphatic carbocycles. The van der Waals surface area contributed by atoms with Crippen LogP contribution in [-0.2, 0) is 6.54 Å². The van der Waals surface area contributed by atoms with E-state index in [1.807, 2.05) is 0 Å². The highest BCUT2D eigenvalue weighted by Gasteiger charge is 2.30. The zero-order valence-electron chi connectivity index (χ0n) is 14.1. The predicted molar refractivity (Wildman–Crippen MR) is 89.4 cm³/mol. The van der Waals surface area contributed by atoms with E-state index in [1.54, 1.807) is 18.3 Å². The normalized spacial score (nSPS) is 11.9. The summed E-state index contributed by atoms with van der Waals surface area (Å²) in [6.45, 7) is 3.51. The van der Waals surface area contributed by atoms with Crippen molar-refractivity contribution in [1.82, 2.24) is 24.3 Å². The number of halogens is 3. The molecule has 0 fully saturated rings. The van der Waals surface area contributed by atoms with Gasteiger partial charge in [-0.3, -0.25) is 0 Å². The number of alkyl halides is 3. The first-order valence-electron chi connectivity index (χ1n) is 7.88. The molecule has 1 aromatic carbocycles. The number of pyridine rings is 1. The zero-order chi connectivity index (χ0) is 19.9. The number of nitrogens with zero attached hydrogens (tertiary/aromatic N) is 5. The number of rotatable bonds is 4. The lowest BCUT2D eigenvalue weighted by Crippen LogP contribution is -2.22. The molecule has 0 bridgehead atoms. The van der Waals surface area contributed by atoms with Crippen molar-refractivity contribution in [2.45, 2.75) is 12.9 Å². The van der Waals surface area contributed by atoms with Crippen LogP contribution in [0.5, 0.6) is 5.75 Å². The third-order valence-corrected chi connectivity index (χ3v) is 3.80. The van der Waals surface area contributed by atoms with E-state index in [2.05, 4.69) is 26.9 Å². The third kappa shape index (κ3) is 3.59. The molecule has 143 valence electrons. The molecule has 0 amide bonds. The maximum Gasteiger partial charge on any atom is 0.573 e. The number of aromatic nitrogens is 5. The second kappa shape index (κ2) is 6.51. The summed E-state index contributed by atoms with van der Waals surface area (Å²) in [5, 5.41) is 7.86. The fraction of sp³-hybridized carbons (Fsp3) is 0.118. The molecule has 11 heteroatoms. The average molecular weight is 390 g/mol. The summed E-state index contributed by atoms with van der Waals surface area (Å²) in [4.78, 5) is 16.5. The minimum atomic E-state index is -4.75. The van der Waals surface area contributed by atoms with Crippen molar-refractivity contribution in [1.29, 1.82) is 0 Å². The lowest BCUT2D eigenvalue weighted by Gasteiger charge is -2.09. The fourth-order valence-corrected chi connectivity index (χ4v) is 2.63. The summed E-state index contributed by atoms with van der Waals surface area (Å²) in [5.74, 6) is 0.0650. The Morgan fingerprint density at radius 3 is 2.46 bits per heavy atom. The topological polar surface area (TPSA) is 87.5 Å². The van der Waals surface area contributed by atoms with E-state index in [1.165, 1.54) is 33.3 Å². The van der Waals surface area contributed by atoms with Gasteiger partial charge in [-0.05, 0) is 35.4 Å². The van der Waals surface area contributed by atoms with Crippen molar-refractivity contribution in [3.63, 3.8) is 0 Å². The minimum Gasteiger partial charge on any atom is -0.406 e. The minimum absolute atomic E-state index is 0.0122. The van der Waals surface area contributed by atoms with Gasteiger partial charge in [0.1, 0.15) is 12.3 Å². The zero-order valence-corrected chi connectivity index (χ0v) is 14.1. The predicted octanol–water partition coefficient (Wildman–Crippen LogP) is 2.68. The molecule has 0 saturated carbocycles. The van der Waals surface area contributed by atoms with E-state index in [9.17, 15) is 18.0 Å². The van der Waals surface area contributed by atoms with Crippen LogP contribution in [0.2, 0.25) is 0 Å². The van der Waals surface area contributed by atoms with Crippen LogP contribution >= 0.6 is 0 Å². The number of hydrogen-bond acceptors (Lipinski definition) is 6. The van der Waals surface area contributed by atoms with Gasteiger partial charge in [0.05, 0.1) is 0 Å². The van der Waals surface area contributed by atoms with E-state index in [0.717, 1.165) is 0 Å². The molecule has 0 spiro atoms. The van der Waals surface area contributed by atoms with Crippen LogP contribution in [0.25, 0.3) is 16.8 Å². The molecular formula is C17H11F3N5O3. The Kier molecular flexibility index (Phi) is 4.13. The molecule has 28 heavy (non-hydrogen) atoms. The highest BCUT2D eigenvalue weighted by molar-refractivity contribution is 5.65. The molecule has 0 aliphatic rings.